The molecule has 1 unspecified atom stereocenters. The topological polar surface area (TPSA) is 108 Å². The summed E-state index contributed by atoms with van der Waals surface area (Å²) in [6.45, 7) is 4.96. The first kappa shape index (κ1) is 19.3. The van der Waals surface area contributed by atoms with Crippen LogP contribution in [-0.4, -0.2) is 79.2 Å². The van der Waals surface area contributed by atoms with E-state index in [9.17, 15) is 4.21 Å². The first-order valence-corrected chi connectivity index (χ1v) is 11.8. The van der Waals surface area contributed by atoms with E-state index in [1.54, 1.807) is 29.4 Å². The van der Waals surface area contributed by atoms with Crippen LogP contribution in [-0.2, 0) is 19.2 Å². The molecule has 3 aromatic rings. The van der Waals surface area contributed by atoms with Crippen LogP contribution in [0.3, 0.4) is 0 Å². The van der Waals surface area contributed by atoms with Gasteiger partial charge in [0.25, 0.3) is 0 Å². The van der Waals surface area contributed by atoms with Gasteiger partial charge in [-0.2, -0.15) is 14.3 Å². The zero-order chi connectivity index (χ0) is 20.7. The van der Waals surface area contributed by atoms with Crippen LogP contribution >= 0.6 is 0 Å². The minimum absolute atomic E-state index is 0.0834. The van der Waals surface area contributed by atoms with E-state index < -0.39 is 9.73 Å². The first-order chi connectivity index (χ1) is 14.5. The maximum Gasteiger partial charge on any atom is 0.239 e. The minimum Gasteiger partial charge on any atom is -0.379 e. The summed E-state index contributed by atoms with van der Waals surface area (Å²) in [5, 5.41) is -0.0834. The zero-order valence-electron chi connectivity index (χ0n) is 16.8. The highest BCUT2D eigenvalue weighted by molar-refractivity contribution is 7.93. The average molecular weight is 430 g/mol. The Labute approximate surface area is 174 Å². The molecule has 2 atom stereocenters. The minimum atomic E-state index is -2.49. The fourth-order valence-corrected chi connectivity index (χ4v) is 4.83. The number of pyridine rings is 1. The second kappa shape index (κ2) is 7.56. The van der Waals surface area contributed by atoms with Gasteiger partial charge >= 0.3 is 0 Å². The predicted molar refractivity (Wildman–Crippen MR) is 113 cm³/mol. The molecule has 0 amide bonds. The summed E-state index contributed by atoms with van der Waals surface area (Å²) < 4.78 is 30.2. The van der Waals surface area contributed by atoms with Gasteiger partial charge in [0.15, 0.2) is 11.5 Å². The average Bonchev–Trinajstić information content (AvgIpc) is 3.10. The number of rotatable bonds is 4. The number of nitrogens with zero attached hydrogens (tertiary/aromatic N) is 7. The van der Waals surface area contributed by atoms with Crippen LogP contribution in [0.1, 0.15) is 6.92 Å². The fraction of sp³-hybridized carbons (Fsp3) is 0.474. The molecule has 0 aliphatic carbocycles. The van der Waals surface area contributed by atoms with Gasteiger partial charge < -0.3 is 14.4 Å². The van der Waals surface area contributed by atoms with Crippen LogP contribution in [0, 0.1) is 0 Å². The van der Waals surface area contributed by atoms with E-state index in [0.29, 0.717) is 50.4 Å². The molecule has 3 aromatic heterocycles. The Kier molecular flexibility index (Phi) is 4.88. The highest BCUT2D eigenvalue weighted by atomic mass is 32.2. The smallest absolute Gasteiger partial charge is 0.239 e. The van der Waals surface area contributed by atoms with E-state index in [1.807, 2.05) is 12.1 Å². The zero-order valence-corrected chi connectivity index (χ0v) is 17.7. The van der Waals surface area contributed by atoms with Gasteiger partial charge in [-0.3, -0.25) is 4.57 Å². The molecular formula is C19H23N7O3S. The molecule has 5 heterocycles. The molecule has 2 fully saturated rings. The summed E-state index contributed by atoms with van der Waals surface area (Å²) in [5.74, 6) is 1.53. The van der Waals surface area contributed by atoms with Crippen LogP contribution in [0.2, 0.25) is 0 Å². The van der Waals surface area contributed by atoms with Gasteiger partial charge in [-0.1, -0.05) is 0 Å². The lowest BCUT2D eigenvalue weighted by Gasteiger charge is -2.34. The molecule has 0 N–H and O–H groups in total. The van der Waals surface area contributed by atoms with Gasteiger partial charge in [0.05, 0.1) is 53.0 Å². The SMILES string of the molecule is C[C@@H]1COCCN1c1cc(N=S(C)(=O)C2COC2)nc(-n2cnc3ncccc32)n1. The number of morpholine rings is 1. The first-order valence-electron chi connectivity index (χ1n) is 9.82. The third-order valence-electron chi connectivity index (χ3n) is 5.39. The number of anilines is 1. The summed E-state index contributed by atoms with van der Waals surface area (Å²) in [7, 11) is -2.49. The lowest BCUT2D eigenvalue weighted by atomic mass is 10.2. The largest absolute Gasteiger partial charge is 0.379 e. The normalized spacial score (nSPS) is 21.9. The Morgan fingerprint density at radius 2 is 2.07 bits per heavy atom. The summed E-state index contributed by atoms with van der Waals surface area (Å²) in [6.07, 6.45) is 5.00. The fourth-order valence-electron chi connectivity index (χ4n) is 3.52. The number of aromatic nitrogens is 5. The summed E-state index contributed by atoms with van der Waals surface area (Å²) >= 11 is 0. The van der Waals surface area contributed by atoms with E-state index in [-0.39, 0.29) is 11.3 Å². The van der Waals surface area contributed by atoms with Gasteiger partial charge in [0.2, 0.25) is 5.95 Å². The van der Waals surface area contributed by atoms with Crippen molar-refractivity contribution in [1.82, 2.24) is 24.5 Å². The number of hydrogen-bond donors (Lipinski definition) is 0. The van der Waals surface area contributed by atoms with Crippen LogP contribution in [0.5, 0.6) is 0 Å². The third kappa shape index (κ3) is 3.53. The molecule has 2 saturated heterocycles. The van der Waals surface area contributed by atoms with E-state index in [2.05, 4.69) is 31.1 Å². The van der Waals surface area contributed by atoms with Crippen molar-refractivity contribution in [3.05, 3.63) is 30.7 Å². The van der Waals surface area contributed by atoms with Gasteiger partial charge in [-0.15, -0.1) is 0 Å². The summed E-state index contributed by atoms with van der Waals surface area (Å²) in [6, 6.07) is 5.70. The van der Waals surface area contributed by atoms with E-state index in [1.165, 1.54) is 0 Å². The standard InChI is InChI=1S/C19H23N7O3S/c1-13-9-28-7-6-25(13)17-8-16(24-30(2,27)14-10-29-11-14)22-19(23-17)26-12-21-18-15(26)4-3-5-20-18/h3-5,8,12-14H,6-7,9-11H2,1-2H3/t13-,30?/m1/s1. The Bertz CT molecular complexity index is 1200. The quantitative estimate of drug-likeness (QED) is 0.615. The molecule has 30 heavy (non-hydrogen) atoms. The Hall–Kier alpha value is -2.63. The molecule has 2 aliphatic rings. The van der Waals surface area contributed by atoms with Crippen LogP contribution in [0.25, 0.3) is 17.1 Å². The molecule has 0 spiro atoms. The Morgan fingerprint density at radius 1 is 1.20 bits per heavy atom. The number of hydrogen-bond acceptors (Lipinski definition) is 9. The molecule has 0 bridgehead atoms. The number of fused-ring (bicyclic) bond motifs is 1. The summed E-state index contributed by atoms with van der Waals surface area (Å²) in [5.41, 5.74) is 1.40. The Balaban J connectivity index is 1.65. The molecule has 158 valence electrons. The van der Waals surface area contributed by atoms with E-state index >= 15 is 0 Å². The van der Waals surface area contributed by atoms with Crippen LogP contribution in [0.4, 0.5) is 11.6 Å². The van der Waals surface area contributed by atoms with Gasteiger partial charge in [0, 0.05) is 25.1 Å². The molecule has 5 rings (SSSR count). The molecular weight excluding hydrogens is 406 g/mol. The Morgan fingerprint density at radius 3 is 2.83 bits per heavy atom. The van der Waals surface area contributed by atoms with Crippen molar-refractivity contribution in [2.24, 2.45) is 4.36 Å². The number of ether oxygens (including phenoxy) is 2. The molecule has 0 aromatic carbocycles. The van der Waals surface area contributed by atoms with Crippen LogP contribution < -0.4 is 4.90 Å². The van der Waals surface area contributed by atoms with Gasteiger partial charge in [-0.05, 0) is 19.1 Å². The maximum atomic E-state index is 13.1. The highest BCUT2D eigenvalue weighted by Crippen LogP contribution is 2.26. The third-order valence-corrected chi connectivity index (χ3v) is 7.45. The molecule has 2 aliphatic heterocycles. The van der Waals surface area contributed by atoms with Crippen molar-refractivity contribution in [1.29, 1.82) is 0 Å². The molecule has 0 saturated carbocycles. The van der Waals surface area contributed by atoms with Crippen molar-refractivity contribution in [3.63, 3.8) is 0 Å². The predicted octanol–water partition coefficient (Wildman–Crippen LogP) is 1.56. The molecule has 11 heteroatoms. The van der Waals surface area contributed by atoms with E-state index in [4.69, 9.17) is 14.5 Å². The maximum absolute atomic E-state index is 13.1. The van der Waals surface area contributed by atoms with Crippen molar-refractivity contribution in [2.45, 2.75) is 18.2 Å². The molecule has 0 radical (unpaired) electrons. The monoisotopic (exact) mass is 429 g/mol. The van der Waals surface area contributed by atoms with Gasteiger partial charge in [0.1, 0.15) is 12.1 Å². The second-order valence-corrected chi connectivity index (χ2v) is 10.1. The van der Waals surface area contributed by atoms with Crippen LogP contribution in [0.15, 0.2) is 35.1 Å². The van der Waals surface area contributed by atoms with Crippen molar-refractivity contribution < 1.29 is 13.7 Å². The molecule has 10 nitrogen and oxygen atoms in total. The van der Waals surface area contributed by atoms with E-state index in [0.717, 1.165) is 11.3 Å². The summed E-state index contributed by atoms with van der Waals surface area (Å²) in [4.78, 5) is 20.2. The lowest BCUT2D eigenvalue weighted by Crippen LogP contribution is -2.44. The van der Waals surface area contributed by atoms with Gasteiger partial charge in [-0.25, -0.2) is 14.2 Å². The second-order valence-electron chi connectivity index (χ2n) is 7.57. The van der Waals surface area contributed by atoms with Crippen molar-refractivity contribution in [3.8, 4) is 5.95 Å². The number of imidazole rings is 1. The van der Waals surface area contributed by atoms with Crippen molar-refractivity contribution >= 4 is 32.5 Å². The highest BCUT2D eigenvalue weighted by Gasteiger charge is 2.28. The lowest BCUT2D eigenvalue weighted by molar-refractivity contribution is 0.0431. The van der Waals surface area contributed by atoms with Crippen molar-refractivity contribution in [2.75, 3.05) is 44.1 Å².